The summed E-state index contributed by atoms with van der Waals surface area (Å²) in [5.41, 5.74) is 1.35. The SMILES string of the molecule is O=C(CCCCc1ccccc1)N1CCc2nc(C3CCOCC3)nn2CC1. The summed E-state index contributed by atoms with van der Waals surface area (Å²) in [4.78, 5) is 19.4. The Balaban J connectivity index is 1.23. The van der Waals surface area contributed by atoms with Crippen molar-refractivity contribution in [1.29, 1.82) is 0 Å². The normalized spacial score (nSPS) is 17.9. The number of nitrogens with zero attached hydrogens (tertiary/aromatic N) is 4. The number of unbranched alkanes of at least 4 members (excludes halogenated alkanes) is 1. The second-order valence-corrected chi connectivity index (χ2v) is 7.82. The lowest BCUT2D eigenvalue weighted by molar-refractivity contribution is -0.131. The second-order valence-electron chi connectivity index (χ2n) is 7.82. The largest absolute Gasteiger partial charge is 0.381 e. The molecule has 1 fully saturated rings. The summed E-state index contributed by atoms with van der Waals surface area (Å²) in [6, 6.07) is 10.5. The molecule has 3 heterocycles. The summed E-state index contributed by atoms with van der Waals surface area (Å²) < 4.78 is 7.46. The molecule has 28 heavy (non-hydrogen) atoms. The van der Waals surface area contributed by atoms with Crippen LogP contribution in [0.3, 0.4) is 0 Å². The number of amides is 1. The number of benzene rings is 1. The van der Waals surface area contributed by atoms with E-state index in [1.165, 1.54) is 5.56 Å². The van der Waals surface area contributed by atoms with Gasteiger partial charge in [-0.25, -0.2) is 9.67 Å². The molecule has 1 aromatic heterocycles. The first-order valence-corrected chi connectivity index (χ1v) is 10.6. The van der Waals surface area contributed by atoms with Crippen molar-refractivity contribution in [3.8, 4) is 0 Å². The van der Waals surface area contributed by atoms with Gasteiger partial charge >= 0.3 is 0 Å². The van der Waals surface area contributed by atoms with Gasteiger partial charge in [0.05, 0.1) is 6.54 Å². The van der Waals surface area contributed by atoms with Gasteiger partial charge in [0.1, 0.15) is 5.82 Å². The number of carbonyl (C=O) groups is 1. The van der Waals surface area contributed by atoms with Gasteiger partial charge in [0.25, 0.3) is 0 Å². The van der Waals surface area contributed by atoms with E-state index in [0.717, 1.165) is 83.0 Å². The monoisotopic (exact) mass is 382 g/mol. The molecule has 0 spiro atoms. The number of rotatable bonds is 6. The molecule has 0 unspecified atom stereocenters. The third-order valence-electron chi connectivity index (χ3n) is 5.84. The second kappa shape index (κ2) is 9.32. The summed E-state index contributed by atoms with van der Waals surface area (Å²) in [7, 11) is 0. The fourth-order valence-electron chi connectivity index (χ4n) is 4.11. The molecule has 1 saturated heterocycles. The van der Waals surface area contributed by atoms with Gasteiger partial charge < -0.3 is 9.64 Å². The van der Waals surface area contributed by atoms with Crippen molar-refractivity contribution in [3.63, 3.8) is 0 Å². The Morgan fingerprint density at radius 2 is 1.89 bits per heavy atom. The van der Waals surface area contributed by atoms with Gasteiger partial charge in [-0.1, -0.05) is 30.3 Å². The quantitative estimate of drug-likeness (QED) is 0.721. The highest BCUT2D eigenvalue weighted by atomic mass is 16.5. The lowest BCUT2D eigenvalue weighted by Crippen LogP contribution is -2.33. The number of aryl methyl sites for hydroxylation is 1. The van der Waals surface area contributed by atoms with Crippen LogP contribution in [0.4, 0.5) is 0 Å². The average molecular weight is 383 g/mol. The molecule has 0 saturated carbocycles. The predicted molar refractivity (Wildman–Crippen MR) is 107 cm³/mol. The van der Waals surface area contributed by atoms with Crippen molar-refractivity contribution in [1.82, 2.24) is 19.7 Å². The fraction of sp³-hybridized carbons (Fsp3) is 0.591. The summed E-state index contributed by atoms with van der Waals surface area (Å²) in [5.74, 6) is 2.69. The Labute approximate surface area is 166 Å². The molecule has 0 radical (unpaired) electrons. The Morgan fingerprint density at radius 3 is 2.71 bits per heavy atom. The highest BCUT2D eigenvalue weighted by Gasteiger charge is 2.24. The van der Waals surface area contributed by atoms with E-state index in [4.69, 9.17) is 14.8 Å². The van der Waals surface area contributed by atoms with Crippen LogP contribution in [0.2, 0.25) is 0 Å². The van der Waals surface area contributed by atoms with Gasteiger partial charge in [0.15, 0.2) is 5.82 Å². The zero-order chi connectivity index (χ0) is 19.2. The number of aromatic nitrogens is 3. The first kappa shape index (κ1) is 19.1. The van der Waals surface area contributed by atoms with Crippen molar-refractivity contribution >= 4 is 5.91 Å². The Bertz CT molecular complexity index is 743. The van der Waals surface area contributed by atoms with Crippen LogP contribution in [0.5, 0.6) is 0 Å². The highest BCUT2D eigenvalue weighted by Crippen LogP contribution is 2.25. The zero-order valence-electron chi connectivity index (χ0n) is 16.6. The van der Waals surface area contributed by atoms with Gasteiger partial charge in [-0.05, 0) is 37.7 Å². The minimum Gasteiger partial charge on any atom is -0.381 e. The summed E-state index contributed by atoms with van der Waals surface area (Å²) in [5, 5.41) is 4.75. The zero-order valence-corrected chi connectivity index (χ0v) is 16.6. The summed E-state index contributed by atoms with van der Waals surface area (Å²) in [6.07, 6.45) is 6.50. The molecule has 2 aromatic rings. The van der Waals surface area contributed by atoms with Crippen molar-refractivity contribution in [2.75, 3.05) is 26.3 Å². The molecule has 6 nitrogen and oxygen atoms in total. The summed E-state index contributed by atoms with van der Waals surface area (Å²) in [6.45, 7) is 3.86. The molecule has 0 aliphatic carbocycles. The number of fused-ring (bicyclic) bond motifs is 1. The minimum atomic E-state index is 0.267. The molecule has 4 rings (SSSR count). The van der Waals surface area contributed by atoms with Crippen LogP contribution in [0.25, 0.3) is 0 Å². The van der Waals surface area contributed by atoms with Crippen LogP contribution in [-0.4, -0.2) is 51.9 Å². The van der Waals surface area contributed by atoms with Crippen molar-refractivity contribution in [2.45, 2.75) is 57.4 Å². The van der Waals surface area contributed by atoms with Crippen LogP contribution in [0, 0.1) is 0 Å². The van der Waals surface area contributed by atoms with Crippen LogP contribution in [0.15, 0.2) is 30.3 Å². The van der Waals surface area contributed by atoms with Crippen molar-refractivity contribution in [2.24, 2.45) is 0 Å². The third-order valence-corrected chi connectivity index (χ3v) is 5.84. The van der Waals surface area contributed by atoms with Gasteiger partial charge in [-0.3, -0.25) is 4.79 Å². The maximum atomic E-state index is 12.6. The molecule has 0 atom stereocenters. The highest BCUT2D eigenvalue weighted by molar-refractivity contribution is 5.76. The fourth-order valence-corrected chi connectivity index (χ4v) is 4.11. The standard InChI is InChI=1S/C22H30N4O2/c27-21(9-5-4-8-18-6-2-1-3-7-18)25-13-10-20-23-22(24-26(20)15-14-25)19-11-16-28-17-12-19/h1-3,6-7,19H,4-5,8-17H2. The first-order valence-electron chi connectivity index (χ1n) is 10.6. The van der Waals surface area contributed by atoms with Crippen LogP contribution < -0.4 is 0 Å². The lowest BCUT2D eigenvalue weighted by atomic mass is 10.00. The average Bonchev–Trinajstić information content (AvgIpc) is 3.05. The van der Waals surface area contributed by atoms with E-state index in [2.05, 4.69) is 24.3 Å². The smallest absolute Gasteiger partial charge is 0.222 e. The number of hydrogen-bond acceptors (Lipinski definition) is 4. The van der Waals surface area contributed by atoms with Crippen LogP contribution in [0.1, 0.15) is 55.2 Å². The number of hydrogen-bond donors (Lipinski definition) is 0. The molecular weight excluding hydrogens is 352 g/mol. The molecule has 6 heteroatoms. The molecule has 1 amide bonds. The van der Waals surface area contributed by atoms with E-state index in [-0.39, 0.29) is 5.91 Å². The minimum absolute atomic E-state index is 0.267. The third kappa shape index (κ3) is 4.79. The number of carbonyl (C=O) groups excluding carboxylic acids is 1. The lowest BCUT2D eigenvalue weighted by Gasteiger charge is -2.20. The van der Waals surface area contributed by atoms with Gasteiger partial charge in [-0.2, -0.15) is 5.10 Å². The molecule has 150 valence electrons. The maximum absolute atomic E-state index is 12.6. The molecular formula is C22H30N4O2. The van der Waals surface area contributed by atoms with E-state index in [1.807, 2.05) is 15.6 Å². The van der Waals surface area contributed by atoms with E-state index in [0.29, 0.717) is 12.3 Å². The van der Waals surface area contributed by atoms with Gasteiger partial charge in [-0.15, -0.1) is 0 Å². The van der Waals surface area contributed by atoms with Crippen LogP contribution >= 0.6 is 0 Å². The predicted octanol–water partition coefficient (Wildman–Crippen LogP) is 2.97. The molecule has 2 aliphatic heterocycles. The van der Waals surface area contributed by atoms with Crippen molar-refractivity contribution in [3.05, 3.63) is 47.5 Å². The van der Waals surface area contributed by atoms with Crippen LogP contribution in [-0.2, 0) is 28.9 Å². The first-order chi connectivity index (χ1) is 13.8. The van der Waals surface area contributed by atoms with E-state index >= 15 is 0 Å². The topological polar surface area (TPSA) is 60.3 Å². The Morgan fingerprint density at radius 1 is 1.07 bits per heavy atom. The van der Waals surface area contributed by atoms with E-state index < -0.39 is 0 Å². The van der Waals surface area contributed by atoms with Crippen molar-refractivity contribution < 1.29 is 9.53 Å². The molecule has 0 bridgehead atoms. The van der Waals surface area contributed by atoms with E-state index in [1.54, 1.807) is 0 Å². The molecule has 0 N–H and O–H groups in total. The van der Waals surface area contributed by atoms with E-state index in [9.17, 15) is 4.79 Å². The maximum Gasteiger partial charge on any atom is 0.222 e. The number of ether oxygens (including phenoxy) is 1. The van der Waals surface area contributed by atoms with Gasteiger partial charge in [0.2, 0.25) is 5.91 Å². The Kier molecular flexibility index (Phi) is 6.37. The van der Waals surface area contributed by atoms with Gasteiger partial charge in [0, 0.05) is 45.1 Å². The molecule has 2 aliphatic rings. The molecule has 1 aromatic carbocycles. The summed E-state index contributed by atoms with van der Waals surface area (Å²) >= 11 is 0. The Hall–Kier alpha value is -2.21.